The number of benzene rings is 2. The van der Waals surface area contributed by atoms with Gasteiger partial charge in [-0.1, -0.05) is 29.3 Å². The molecule has 0 spiro atoms. The fraction of sp³-hybridized carbons (Fsp3) is 0.423. The maximum absolute atomic E-state index is 13.3. The van der Waals surface area contributed by atoms with Gasteiger partial charge in [0.15, 0.2) is 0 Å². The van der Waals surface area contributed by atoms with Crippen molar-refractivity contribution in [1.82, 2.24) is 10.2 Å². The fourth-order valence-electron chi connectivity index (χ4n) is 5.04. The van der Waals surface area contributed by atoms with Gasteiger partial charge in [0, 0.05) is 24.7 Å². The maximum atomic E-state index is 13.3. The summed E-state index contributed by atoms with van der Waals surface area (Å²) in [5.41, 5.74) is 1.60. The second-order valence-corrected chi connectivity index (χ2v) is 9.98. The second-order valence-electron chi connectivity index (χ2n) is 9.17. The molecule has 4 rings (SSSR count). The first-order valence-corrected chi connectivity index (χ1v) is 12.2. The molecule has 2 fully saturated rings. The van der Waals surface area contributed by atoms with Crippen molar-refractivity contribution in [2.75, 3.05) is 19.6 Å². The van der Waals surface area contributed by atoms with Crippen LogP contribution in [0.1, 0.15) is 49.1 Å². The number of nitrogens with one attached hydrogen (secondary N) is 1. The van der Waals surface area contributed by atoms with Crippen LogP contribution in [-0.2, 0) is 4.79 Å². The van der Waals surface area contributed by atoms with Gasteiger partial charge in [-0.25, -0.2) is 8.78 Å². The lowest BCUT2D eigenvalue weighted by molar-refractivity contribution is -0.117. The quantitative estimate of drug-likeness (QED) is 0.469. The van der Waals surface area contributed by atoms with Gasteiger partial charge in [-0.3, -0.25) is 4.79 Å². The lowest BCUT2D eigenvalue weighted by Crippen LogP contribution is -2.37. The molecule has 33 heavy (non-hydrogen) atoms. The number of nitrogens with zero attached hydrogens (tertiary/aromatic N) is 1. The summed E-state index contributed by atoms with van der Waals surface area (Å²) in [4.78, 5) is 14.8. The van der Waals surface area contributed by atoms with Crippen molar-refractivity contribution in [3.63, 3.8) is 0 Å². The minimum absolute atomic E-state index is 0.144. The number of rotatable bonds is 6. The van der Waals surface area contributed by atoms with Crippen LogP contribution < -0.4 is 5.32 Å². The van der Waals surface area contributed by atoms with E-state index in [9.17, 15) is 13.6 Å². The predicted octanol–water partition coefficient (Wildman–Crippen LogP) is 6.45. The second kappa shape index (κ2) is 11.0. The Morgan fingerprint density at radius 2 is 1.73 bits per heavy atom. The van der Waals surface area contributed by atoms with Gasteiger partial charge >= 0.3 is 0 Å². The van der Waals surface area contributed by atoms with Crippen LogP contribution >= 0.6 is 23.2 Å². The van der Waals surface area contributed by atoms with Crippen molar-refractivity contribution in [2.24, 2.45) is 5.92 Å². The largest absolute Gasteiger partial charge is 0.350 e. The Labute approximate surface area is 203 Å². The topological polar surface area (TPSA) is 32.3 Å². The molecule has 176 valence electrons. The highest BCUT2D eigenvalue weighted by atomic mass is 35.5. The van der Waals surface area contributed by atoms with Crippen LogP contribution in [0.25, 0.3) is 6.08 Å². The molecule has 1 saturated heterocycles. The number of amides is 1. The van der Waals surface area contributed by atoms with Gasteiger partial charge in [0.25, 0.3) is 0 Å². The van der Waals surface area contributed by atoms with E-state index in [0.717, 1.165) is 57.8 Å². The summed E-state index contributed by atoms with van der Waals surface area (Å²) in [5.74, 6) is -0.458. The molecule has 1 aliphatic carbocycles. The van der Waals surface area contributed by atoms with Gasteiger partial charge < -0.3 is 10.2 Å². The van der Waals surface area contributed by atoms with Crippen LogP contribution in [0.4, 0.5) is 8.78 Å². The minimum atomic E-state index is -0.658. The van der Waals surface area contributed by atoms with Crippen molar-refractivity contribution in [3.05, 3.63) is 75.3 Å². The van der Waals surface area contributed by atoms with Crippen molar-refractivity contribution in [1.29, 1.82) is 0 Å². The first kappa shape index (κ1) is 24.2. The molecule has 0 radical (unpaired) electrons. The van der Waals surface area contributed by atoms with Crippen LogP contribution in [0.15, 0.2) is 42.5 Å². The van der Waals surface area contributed by atoms with E-state index in [0.29, 0.717) is 27.4 Å². The molecular weight excluding hydrogens is 465 g/mol. The van der Waals surface area contributed by atoms with E-state index in [-0.39, 0.29) is 11.9 Å². The zero-order valence-corrected chi connectivity index (χ0v) is 19.9. The zero-order valence-electron chi connectivity index (χ0n) is 18.4. The highest BCUT2D eigenvalue weighted by Crippen LogP contribution is 2.34. The normalized spacial score (nSPS) is 22.2. The van der Waals surface area contributed by atoms with E-state index < -0.39 is 11.6 Å². The fourth-order valence-corrected chi connectivity index (χ4v) is 5.35. The van der Waals surface area contributed by atoms with Crippen molar-refractivity contribution >= 4 is 35.2 Å². The van der Waals surface area contributed by atoms with Crippen LogP contribution in [0, 0.1) is 17.6 Å². The Hall–Kier alpha value is -1.95. The molecule has 1 amide bonds. The van der Waals surface area contributed by atoms with E-state index >= 15 is 0 Å². The molecule has 7 heteroatoms. The molecule has 0 aromatic heterocycles. The number of carbonyl (C=O) groups is 1. The van der Waals surface area contributed by atoms with Gasteiger partial charge in [0.2, 0.25) is 5.91 Å². The van der Waals surface area contributed by atoms with Crippen LogP contribution in [0.2, 0.25) is 10.0 Å². The van der Waals surface area contributed by atoms with E-state index in [1.807, 2.05) is 12.1 Å². The summed E-state index contributed by atoms with van der Waals surface area (Å²) in [5, 5.41) is 4.24. The summed E-state index contributed by atoms with van der Waals surface area (Å²) >= 11 is 12.2. The standard InChI is InChI=1S/C26H28Cl2F2N2O/c27-24-5-3-20(14-25(24)28)19-7-9-32(10-8-19)16-18-1-4-23(13-18)31-26(33)6-2-17-11-21(29)15-22(30)12-17/h2-3,5-6,11-12,14-15,18-19,23H,1,4,7-10,13,16H2,(H,31,33)/b6-2+/t18-,23+/m0/s1. The monoisotopic (exact) mass is 492 g/mol. The SMILES string of the molecule is O=C(/C=C/c1cc(F)cc(F)c1)N[C@@H]1CC[C@H](CN2CCC(c3ccc(Cl)c(Cl)c3)CC2)C1. The molecule has 2 aliphatic rings. The van der Waals surface area contributed by atoms with Gasteiger partial charge in [-0.05, 0) is 98.5 Å². The number of halogens is 4. The third kappa shape index (κ3) is 6.78. The van der Waals surface area contributed by atoms with E-state index in [2.05, 4.69) is 16.3 Å². The number of likely N-dealkylation sites (tertiary alicyclic amines) is 1. The Kier molecular flexibility index (Phi) is 8.05. The first-order valence-electron chi connectivity index (χ1n) is 11.5. The molecule has 1 saturated carbocycles. The molecule has 3 nitrogen and oxygen atoms in total. The average Bonchev–Trinajstić information content (AvgIpc) is 3.21. The summed E-state index contributed by atoms with van der Waals surface area (Å²) in [6.07, 6.45) is 8.00. The average molecular weight is 493 g/mol. The molecule has 2 aromatic carbocycles. The van der Waals surface area contributed by atoms with Gasteiger partial charge in [-0.2, -0.15) is 0 Å². The zero-order chi connectivity index (χ0) is 23.4. The van der Waals surface area contributed by atoms with Gasteiger partial charge in [0.1, 0.15) is 11.6 Å². The van der Waals surface area contributed by atoms with E-state index in [1.165, 1.54) is 29.8 Å². The van der Waals surface area contributed by atoms with E-state index in [4.69, 9.17) is 23.2 Å². The van der Waals surface area contributed by atoms with Gasteiger partial charge in [-0.15, -0.1) is 0 Å². The minimum Gasteiger partial charge on any atom is -0.350 e. The smallest absolute Gasteiger partial charge is 0.244 e. The molecule has 1 heterocycles. The molecule has 0 unspecified atom stereocenters. The number of carbonyl (C=O) groups excluding carboxylic acids is 1. The number of hydrogen-bond acceptors (Lipinski definition) is 2. The molecule has 1 aliphatic heterocycles. The lowest BCUT2D eigenvalue weighted by Gasteiger charge is -2.34. The lowest BCUT2D eigenvalue weighted by atomic mass is 9.89. The number of piperidine rings is 1. The summed E-state index contributed by atoms with van der Waals surface area (Å²) in [6.45, 7) is 3.18. The maximum Gasteiger partial charge on any atom is 0.244 e. The Bertz CT molecular complexity index is 1000. The highest BCUT2D eigenvalue weighted by molar-refractivity contribution is 6.42. The summed E-state index contributed by atoms with van der Waals surface area (Å²) in [6, 6.07) is 9.30. The summed E-state index contributed by atoms with van der Waals surface area (Å²) < 4.78 is 26.5. The highest BCUT2D eigenvalue weighted by Gasteiger charge is 2.29. The molecule has 0 bridgehead atoms. The number of hydrogen-bond donors (Lipinski definition) is 1. The Balaban J connectivity index is 1.20. The van der Waals surface area contributed by atoms with Gasteiger partial charge in [0.05, 0.1) is 10.0 Å². The molecule has 1 N–H and O–H groups in total. The predicted molar refractivity (Wildman–Crippen MR) is 130 cm³/mol. The Morgan fingerprint density at radius 3 is 2.42 bits per heavy atom. The van der Waals surface area contributed by atoms with E-state index in [1.54, 1.807) is 0 Å². The van der Waals surface area contributed by atoms with Crippen molar-refractivity contribution < 1.29 is 13.6 Å². The van der Waals surface area contributed by atoms with Crippen molar-refractivity contribution in [2.45, 2.75) is 44.1 Å². The van der Waals surface area contributed by atoms with Crippen molar-refractivity contribution in [3.8, 4) is 0 Å². The molecule has 2 atom stereocenters. The van der Waals surface area contributed by atoms with Crippen LogP contribution in [0.3, 0.4) is 0 Å². The molecule has 2 aromatic rings. The summed E-state index contributed by atoms with van der Waals surface area (Å²) in [7, 11) is 0. The van der Waals surface area contributed by atoms with Crippen LogP contribution in [0.5, 0.6) is 0 Å². The first-order chi connectivity index (χ1) is 15.9. The molecular formula is C26H28Cl2F2N2O. The Morgan fingerprint density at radius 1 is 1.00 bits per heavy atom. The third-order valence-electron chi connectivity index (χ3n) is 6.72. The van der Waals surface area contributed by atoms with Crippen LogP contribution in [-0.4, -0.2) is 36.5 Å². The third-order valence-corrected chi connectivity index (χ3v) is 7.46.